The predicted molar refractivity (Wildman–Crippen MR) is 79.1 cm³/mol. The van der Waals surface area contributed by atoms with Gasteiger partial charge in [-0.2, -0.15) is 5.10 Å². The van der Waals surface area contributed by atoms with Gasteiger partial charge in [-0.1, -0.05) is 50.6 Å². The summed E-state index contributed by atoms with van der Waals surface area (Å²) in [5, 5.41) is 9.72. The third kappa shape index (κ3) is 3.47. The number of nitrogens with one attached hydrogen (secondary N) is 2. The fourth-order valence-electron chi connectivity index (χ4n) is 2.31. The Bertz CT molecular complexity index is 522. The Morgan fingerprint density at radius 1 is 1.30 bits per heavy atom. The minimum Gasteiger partial charge on any atom is -0.350 e. The maximum atomic E-state index is 12.5. The number of rotatable bonds is 6. The molecule has 1 aromatic heterocycles. The van der Waals surface area contributed by atoms with E-state index in [4.69, 9.17) is 0 Å². The van der Waals surface area contributed by atoms with Crippen LogP contribution in [0.4, 0.5) is 0 Å². The highest BCUT2D eigenvalue weighted by atomic mass is 16.1. The summed E-state index contributed by atoms with van der Waals surface area (Å²) in [5.41, 5.74) is 1.98. The quantitative estimate of drug-likeness (QED) is 0.848. The summed E-state index contributed by atoms with van der Waals surface area (Å²) >= 11 is 0. The molecule has 0 aliphatic heterocycles. The Balaban J connectivity index is 2.08. The Morgan fingerprint density at radius 2 is 2.05 bits per heavy atom. The van der Waals surface area contributed by atoms with Gasteiger partial charge in [0, 0.05) is 6.20 Å². The van der Waals surface area contributed by atoms with Crippen molar-refractivity contribution in [2.24, 2.45) is 5.92 Å². The van der Waals surface area contributed by atoms with E-state index in [-0.39, 0.29) is 11.8 Å². The molecule has 0 aliphatic rings. The number of carbonyl (C=O) groups excluding carboxylic acids is 1. The van der Waals surface area contributed by atoms with E-state index in [1.165, 1.54) is 0 Å². The summed E-state index contributed by atoms with van der Waals surface area (Å²) < 4.78 is 0. The molecule has 4 nitrogen and oxygen atoms in total. The van der Waals surface area contributed by atoms with Gasteiger partial charge >= 0.3 is 0 Å². The average Bonchev–Trinajstić information content (AvgIpc) is 2.99. The number of hydrogen-bond donors (Lipinski definition) is 2. The Kier molecular flexibility index (Phi) is 4.93. The molecule has 2 N–H and O–H groups in total. The number of H-pyrrole nitrogens is 1. The van der Waals surface area contributed by atoms with Crippen LogP contribution in [0.2, 0.25) is 0 Å². The number of hydrogen-bond acceptors (Lipinski definition) is 2. The van der Waals surface area contributed by atoms with Crippen LogP contribution in [0.3, 0.4) is 0 Å². The number of aromatic nitrogens is 2. The number of nitrogens with zero attached hydrogens (tertiary/aromatic N) is 1. The molecule has 4 heteroatoms. The van der Waals surface area contributed by atoms with Crippen LogP contribution in [0, 0.1) is 5.92 Å². The lowest BCUT2D eigenvalue weighted by Gasteiger charge is -2.22. The summed E-state index contributed by atoms with van der Waals surface area (Å²) in [7, 11) is 0. The minimum atomic E-state index is -0.107. The van der Waals surface area contributed by atoms with Crippen LogP contribution in [-0.4, -0.2) is 16.1 Å². The van der Waals surface area contributed by atoms with E-state index in [1.807, 2.05) is 36.4 Å². The van der Waals surface area contributed by atoms with E-state index in [0.29, 0.717) is 12.5 Å². The number of amides is 1. The van der Waals surface area contributed by atoms with E-state index in [2.05, 4.69) is 29.4 Å². The second-order valence-corrected chi connectivity index (χ2v) is 5.07. The van der Waals surface area contributed by atoms with Crippen molar-refractivity contribution < 1.29 is 4.79 Å². The fraction of sp³-hybridized carbons (Fsp3) is 0.375. The van der Waals surface area contributed by atoms with Crippen molar-refractivity contribution in [2.75, 3.05) is 0 Å². The number of benzene rings is 1. The van der Waals surface area contributed by atoms with Crippen LogP contribution in [0.1, 0.15) is 37.4 Å². The topological polar surface area (TPSA) is 57.8 Å². The molecule has 20 heavy (non-hydrogen) atoms. The summed E-state index contributed by atoms with van der Waals surface area (Å²) in [5.74, 6) is 0.267. The standard InChI is InChI=1S/C16H21N3O/c1-3-12(2)15(13-7-5-4-6-8-13)16(20)17-11-14-9-10-18-19-14/h4-10,12,15H,3,11H2,1-2H3,(H,17,20)(H,18,19). The third-order valence-corrected chi connectivity index (χ3v) is 3.67. The minimum absolute atomic E-state index is 0.0696. The highest BCUT2D eigenvalue weighted by Gasteiger charge is 2.25. The summed E-state index contributed by atoms with van der Waals surface area (Å²) in [6.45, 7) is 4.72. The van der Waals surface area contributed by atoms with E-state index in [0.717, 1.165) is 17.7 Å². The first-order valence-corrected chi connectivity index (χ1v) is 7.03. The second kappa shape index (κ2) is 6.89. The molecule has 0 aliphatic carbocycles. The molecular formula is C16H21N3O. The lowest BCUT2D eigenvalue weighted by atomic mass is 9.85. The van der Waals surface area contributed by atoms with Gasteiger partial charge in [0.2, 0.25) is 5.91 Å². The Morgan fingerprint density at radius 3 is 2.65 bits per heavy atom. The molecule has 2 aromatic rings. The molecule has 1 aromatic carbocycles. The monoisotopic (exact) mass is 271 g/mol. The van der Waals surface area contributed by atoms with Gasteiger partial charge in [0.15, 0.2) is 0 Å². The summed E-state index contributed by atoms with van der Waals surface area (Å²) in [6.07, 6.45) is 2.65. The van der Waals surface area contributed by atoms with Crippen LogP contribution < -0.4 is 5.32 Å². The van der Waals surface area contributed by atoms with Gasteiger partial charge in [0.1, 0.15) is 0 Å². The highest BCUT2D eigenvalue weighted by molar-refractivity contribution is 5.83. The van der Waals surface area contributed by atoms with Crippen molar-refractivity contribution in [3.63, 3.8) is 0 Å². The maximum Gasteiger partial charge on any atom is 0.228 e. The molecular weight excluding hydrogens is 250 g/mol. The normalized spacial score (nSPS) is 13.7. The SMILES string of the molecule is CCC(C)C(C(=O)NCc1ccn[nH]1)c1ccccc1. The summed E-state index contributed by atoms with van der Waals surface area (Å²) in [4.78, 5) is 12.5. The van der Waals surface area contributed by atoms with Crippen molar-refractivity contribution in [3.8, 4) is 0 Å². The van der Waals surface area contributed by atoms with Gasteiger partial charge in [-0.3, -0.25) is 9.89 Å². The fourth-order valence-corrected chi connectivity index (χ4v) is 2.31. The van der Waals surface area contributed by atoms with Crippen LogP contribution >= 0.6 is 0 Å². The number of aromatic amines is 1. The van der Waals surface area contributed by atoms with Gasteiger partial charge in [0.05, 0.1) is 18.2 Å². The summed E-state index contributed by atoms with van der Waals surface area (Å²) in [6, 6.07) is 11.8. The lowest BCUT2D eigenvalue weighted by molar-refractivity contribution is -0.123. The van der Waals surface area contributed by atoms with Gasteiger partial charge in [-0.05, 0) is 17.5 Å². The third-order valence-electron chi connectivity index (χ3n) is 3.67. The molecule has 2 unspecified atom stereocenters. The lowest BCUT2D eigenvalue weighted by Crippen LogP contribution is -2.32. The van der Waals surface area contributed by atoms with Crippen molar-refractivity contribution in [1.82, 2.24) is 15.5 Å². The predicted octanol–water partition coefficient (Wildman–Crippen LogP) is 2.86. The zero-order valence-corrected chi connectivity index (χ0v) is 12.0. The molecule has 0 spiro atoms. The highest BCUT2D eigenvalue weighted by Crippen LogP contribution is 2.27. The molecule has 0 saturated heterocycles. The van der Waals surface area contributed by atoms with E-state index >= 15 is 0 Å². The number of carbonyl (C=O) groups is 1. The molecule has 2 rings (SSSR count). The molecule has 0 bridgehead atoms. The van der Waals surface area contributed by atoms with Gasteiger partial charge in [-0.25, -0.2) is 0 Å². The van der Waals surface area contributed by atoms with Crippen molar-refractivity contribution in [3.05, 3.63) is 53.9 Å². The molecule has 106 valence electrons. The van der Waals surface area contributed by atoms with Crippen LogP contribution in [0.5, 0.6) is 0 Å². The first-order chi connectivity index (χ1) is 9.72. The zero-order chi connectivity index (χ0) is 14.4. The van der Waals surface area contributed by atoms with Crippen molar-refractivity contribution >= 4 is 5.91 Å². The molecule has 0 radical (unpaired) electrons. The van der Waals surface area contributed by atoms with Gasteiger partial charge < -0.3 is 5.32 Å². The van der Waals surface area contributed by atoms with Crippen LogP contribution in [0.15, 0.2) is 42.6 Å². The van der Waals surface area contributed by atoms with Crippen LogP contribution in [0.25, 0.3) is 0 Å². The Labute approximate surface area is 119 Å². The van der Waals surface area contributed by atoms with Crippen molar-refractivity contribution in [2.45, 2.75) is 32.7 Å². The second-order valence-electron chi connectivity index (χ2n) is 5.07. The van der Waals surface area contributed by atoms with E-state index in [9.17, 15) is 4.79 Å². The first-order valence-electron chi connectivity index (χ1n) is 7.03. The van der Waals surface area contributed by atoms with E-state index < -0.39 is 0 Å². The largest absolute Gasteiger partial charge is 0.350 e. The molecule has 2 atom stereocenters. The average molecular weight is 271 g/mol. The zero-order valence-electron chi connectivity index (χ0n) is 12.0. The Hall–Kier alpha value is -2.10. The molecule has 1 amide bonds. The van der Waals surface area contributed by atoms with Crippen LogP contribution in [-0.2, 0) is 11.3 Å². The van der Waals surface area contributed by atoms with Crippen molar-refractivity contribution in [1.29, 1.82) is 0 Å². The maximum absolute atomic E-state index is 12.5. The van der Waals surface area contributed by atoms with Gasteiger partial charge in [-0.15, -0.1) is 0 Å². The molecule has 0 fully saturated rings. The molecule has 0 saturated carbocycles. The molecule has 1 heterocycles. The van der Waals surface area contributed by atoms with E-state index in [1.54, 1.807) is 6.20 Å². The smallest absolute Gasteiger partial charge is 0.228 e. The van der Waals surface area contributed by atoms with Gasteiger partial charge in [0.25, 0.3) is 0 Å². The first kappa shape index (κ1) is 14.3.